The molecule has 2 heterocycles. The van der Waals surface area contributed by atoms with Crippen LogP contribution in [0.3, 0.4) is 0 Å². The second kappa shape index (κ2) is 6.42. The van der Waals surface area contributed by atoms with E-state index in [1.54, 1.807) is 6.20 Å². The van der Waals surface area contributed by atoms with Crippen LogP contribution in [0.5, 0.6) is 0 Å². The first-order valence-corrected chi connectivity index (χ1v) is 6.78. The van der Waals surface area contributed by atoms with E-state index >= 15 is 0 Å². The van der Waals surface area contributed by atoms with Crippen LogP contribution in [0.25, 0.3) is 0 Å². The zero-order chi connectivity index (χ0) is 12.8. The maximum atomic E-state index is 6.01. The van der Waals surface area contributed by atoms with Gasteiger partial charge in [-0.1, -0.05) is 6.92 Å². The van der Waals surface area contributed by atoms with Gasteiger partial charge in [0.25, 0.3) is 0 Å². The molecule has 1 aliphatic heterocycles. The summed E-state index contributed by atoms with van der Waals surface area (Å²) in [5, 5.41) is 4.16. The molecule has 0 aromatic carbocycles. The molecule has 0 bridgehead atoms. The van der Waals surface area contributed by atoms with Crippen molar-refractivity contribution in [3.8, 4) is 0 Å². The number of hydrogen-bond donors (Lipinski definition) is 1. The van der Waals surface area contributed by atoms with Gasteiger partial charge in [-0.05, 0) is 31.2 Å². The average molecular weight is 249 g/mol. The smallest absolute Gasteiger partial charge is 0.191 e. The normalized spacial score (nSPS) is 18.3. The number of aromatic nitrogens is 2. The summed E-state index contributed by atoms with van der Waals surface area (Å²) >= 11 is 0. The zero-order valence-electron chi connectivity index (χ0n) is 11.1. The predicted octanol–water partition coefficient (Wildman–Crippen LogP) is 1.32. The van der Waals surface area contributed by atoms with Crippen LogP contribution in [0, 0.1) is 5.92 Å². The van der Waals surface area contributed by atoms with Gasteiger partial charge in [0.2, 0.25) is 0 Å². The summed E-state index contributed by atoms with van der Waals surface area (Å²) in [5.74, 6) is 1.54. The molecule has 2 rings (SSSR count). The molecule has 1 aromatic heterocycles. The minimum Gasteiger partial charge on any atom is -0.370 e. The third-order valence-corrected chi connectivity index (χ3v) is 3.49. The summed E-state index contributed by atoms with van der Waals surface area (Å²) in [4.78, 5) is 6.65. The molecule has 0 unspecified atom stereocenters. The molecule has 5 nitrogen and oxygen atoms in total. The largest absolute Gasteiger partial charge is 0.370 e. The molecule has 100 valence electrons. The lowest BCUT2D eigenvalue weighted by atomic mass is 10.00. The lowest BCUT2D eigenvalue weighted by Crippen LogP contribution is -2.42. The molecule has 2 N–H and O–H groups in total. The van der Waals surface area contributed by atoms with Crippen LogP contribution < -0.4 is 5.73 Å². The van der Waals surface area contributed by atoms with Crippen LogP contribution >= 0.6 is 0 Å². The maximum absolute atomic E-state index is 6.01. The highest BCUT2D eigenvalue weighted by Crippen LogP contribution is 2.15. The highest BCUT2D eigenvalue weighted by Gasteiger charge is 2.16. The Kier molecular flexibility index (Phi) is 4.61. The number of aryl methyl sites for hydroxylation is 1. The van der Waals surface area contributed by atoms with Crippen molar-refractivity contribution in [2.75, 3.05) is 19.6 Å². The molecular formula is C13H23N5. The Hall–Kier alpha value is -1.52. The number of aliphatic imine (C=N–C) groups is 1. The van der Waals surface area contributed by atoms with E-state index in [0.29, 0.717) is 5.96 Å². The number of guanidine groups is 1. The van der Waals surface area contributed by atoms with Gasteiger partial charge in [0.15, 0.2) is 5.96 Å². The van der Waals surface area contributed by atoms with Crippen LogP contribution in [0.1, 0.15) is 26.2 Å². The van der Waals surface area contributed by atoms with Crippen molar-refractivity contribution < 1.29 is 0 Å². The van der Waals surface area contributed by atoms with Crippen molar-refractivity contribution in [3.63, 3.8) is 0 Å². The topological polar surface area (TPSA) is 59.4 Å². The maximum Gasteiger partial charge on any atom is 0.191 e. The minimum atomic E-state index is 0.711. The van der Waals surface area contributed by atoms with Crippen molar-refractivity contribution >= 4 is 5.96 Å². The van der Waals surface area contributed by atoms with Crippen LogP contribution in [0.4, 0.5) is 0 Å². The Morgan fingerprint density at radius 1 is 1.44 bits per heavy atom. The van der Waals surface area contributed by atoms with Gasteiger partial charge in [-0.2, -0.15) is 5.10 Å². The number of hydrogen-bond acceptors (Lipinski definition) is 2. The SMILES string of the molecule is CC1CCN(C(N)=NCCCn2cccn2)CC1. The van der Waals surface area contributed by atoms with E-state index in [0.717, 1.165) is 38.5 Å². The van der Waals surface area contributed by atoms with Crippen molar-refractivity contribution in [1.82, 2.24) is 14.7 Å². The van der Waals surface area contributed by atoms with Crippen LogP contribution in [0.2, 0.25) is 0 Å². The van der Waals surface area contributed by atoms with E-state index in [-0.39, 0.29) is 0 Å². The highest BCUT2D eigenvalue weighted by molar-refractivity contribution is 5.78. The third-order valence-electron chi connectivity index (χ3n) is 3.49. The number of likely N-dealkylation sites (tertiary alicyclic amines) is 1. The van der Waals surface area contributed by atoms with Crippen molar-refractivity contribution in [3.05, 3.63) is 18.5 Å². The fraction of sp³-hybridized carbons (Fsp3) is 0.692. The summed E-state index contributed by atoms with van der Waals surface area (Å²) in [6.07, 6.45) is 7.20. The lowest BCUT2D eigenvalue weighted by molar-refractivity contribution is 0.277. The van der Waals surface area contributed by atoms with Gasteiger partial charge in [0.1, 0.15) is 0 Å². The van der Waals surface area contributed by atoms with Crippen molar-refractivity contribution in [1.29, 1.82) is 0 Å². The molecule has 0 saturated carbocycles. The molecular weight excluding hydrogens is 226 g/mol. The fourth-order valence-electron chi connectivity index (χ4n) is 2.20. The van der Waals surface area contributed by atoms with Gasteiger partial charge in [-0.15, -0.1) is 0 Å². The first-order chi connectivity index (χ1) is 8.75. The van der Waals surface area contributed by atoms with E-state index < -0.39 is 0 Å². The van der Waals surface area contributed by atoms with Gasteiger partial charge in [-0.25, -0.2) is 0 Å². The Labute approximate surface area is 109 Å². The molecule has 0 spiro atoms. The molecule has 18 heavy (non-hydrogen) atoms. The van der Waals surface area contributed by atoms with Gasteiger partial charge < -0.3 is 10.6 Å². The second-order valence-corrected chi connectivity index (χ2v) is 5.03. The van der Waals surface area contributed by atoms with Gasteiger partial charge in [0, 0.05) is 38.6 Å². The average Bonchev–Trinajstić information content (AvgIpc) is 2.88. The van der Waals surface area contributed by atoms with E-state index in [4.69, 9.17) is 5.73 Å². The highest BCUT2D eigenvalue weighted by atomic mass is 15.3. The van der Waals surface area contributed by atoms with E-state index in [2.05, 4.69) is 21.9 Å². The molecule has 1 saturated heterocycles. The first-order valence-electron chi connectivity index (χ1n) is 6.78. The van der Waals surface area contributed by atoms with E-state index in [9.17, 15) is 0 Å². The van der Waals surface area contributed by atoms with E-state index in [1.165, 1.54) is 12.8 Å². The standard InChI is InChI=1S/C13H23N5/c1-12-4-10-17(11-5-12)13(14)15-6-2-8-18-9-3-7-16-18/h3,7,9,12H,2,4-6,8,10-11H2,1H3,(H2,14,15). The molecule has 0 atom stereocenters. The van der Waals surface area contributed by atoms with Crippen LogP contribution in [-0.2, 0) is 6.54 Å². The van der Waals surface area contributed by atoms with Crippen molar-refractivity contribution in [2.24, 2.45) is 16.6 Å². The van der Waals surface area contributed by atoms with Gasteiger partial charge >= 0.3 is 0 Å². The molecule has 1 aromatic rings. The predicted molar refractivity (Wildman–Crippen MR) is 73.3 cm³/mol. The third kappa shape index (κ3) is 3.75. The number of nitrogens with zero attached hydrogens (tertiary/aromatic N) is 4. The quantitative estimate of drug-likeness (QED) is 0.497. The summed E-state index contributed by atoms with van der Waals surface area (Å²) in [5.41, 5.74) is 6.01. The molecule has 5 heteroatoms. The summed E-state index contributed by atoms with van der Waals surface area (Å²) in [6, 6.07) is 1.94. The zero-order valence-corrected chi connectivity index (χ0v) is 11.1. The monoisotopic (exact) mass is 249 g/mol. The van der Waals surface area contributed by atoms with Gasteiger partial charge in [0.05, 0.1) is 0 Å². The Morgan fingerprint density at radius 2 is 2.22 bits per heavy atom. The Morgan fingerprint density at radius 3 is 2.89 bits per heavy atom. The minimum absolute atomic E-state index is 0.711. The Bertz CT molecular complexity index is 363. The molecule has 0 aliphatic carbocycles. The first kappa shape index (κ1) is 12.9. The lowest BCUT2D eigenvalue weighted by Gasteiger charge is -2.31. The molecule has 1 aliphatic rings. The fourth-order valence-corrected chi connectivity index (χ4v) is 2.20. The van der Waals surface area contributed by atoms with Gasteiger partial charge in [-0.3, -0.25) is 9.67 Å². The summed E-state index contributed by atoms with van der Waals surface area (Å²) in [6.45, 7) is 6.08. The second-order valence-electron chi connectivity index (χ2n) is 5.03. The van der Waals surface area contributed by atoms with Crippen LogP contribution in [0.15, 0.2) is 23.5 Å². The summed E-state index contributed by atoms with van der Waals surface area (Å²) < 4.78 is 1.92. The summed E-state index contributed by atoms with van der Waals surface area (Å²) in [7, 11) is 0. The number of nitrogens with two attached hydrogens (primary N) is 1. The number of piperidine rings is 1. The molecule has 0 radical (unpaired) electrons. The Balaban J connectivity index is 1.68. The number of rotatable bonds is 4. The van der Waals surface area contributed by atoms with Crippen molar-refractivity contribution in [2.45, 2.75) is 32.7 Å². The van der Waals surface area contributed by atoms with Crippen LogP contribution in [-0.4, -0.2) is 40.3 Å². The molecule has 0 amide bonds. The van der Waals surface area contributed by atoms with E-state index in [1.807, 2.05) is 16.9 Å². The molecule has 1 fully saturated rings.